The number of carbonyl (C=O) groups is 1. The normalized spacial score (nSPS) is 10.8. The van der Waals surface area contributed by atoms with Gasteiger partial charge in [-0.05, 0) is 64.7 Å². The zero-order valence-electron chi connectivity index (χ0n) is 12.2. The summed E-state index contributed by atoms with van der Waals surface area (Å²) >= 11 is 0. The van der Waals surface area contributed by atoms with Gasteiger partial charge < -0.3 is 9.80 Å². The monoisotopic (exact) mass is 266 g/mol. The molecule has 0 N–H and O–H groups in total. The van der Waals surface area contributed by atoms with Gasteiger partial charge in [-0.1, -0.05) is 0 Å². The molecule has 0 atom stereocenters. The van der Waals surface area contributed by atoms with Crippen LogP contribution in [0.25, 0.3) is 0 Å². The summed E-state index contributed by atoms with van der Waals surface area (Å²) < 4.78 is 13.2. The van der Waals surface area contributed by atoms with Gasteiger partial charge in [-0.15, -0.1) is 0 Å². The number of halogens is 1. The summed E-state index contributed by atoms with van der Waals surface area (Å²) in [6.07, 6.45) is 0.937. The summed E-state index contributed by atoms with van der Waals surface area (Å²) in [7, 11) is 4.03. The standard InChI is InChI=1S/C15H23FN2O/c1-5-18(10-6-9-17(3)4)15(19)13-7-8-14(16)12(2)11-13/h7-8,11H,5-6,9-10H2,1-4H3. The van der Waals surface area contributed by atoms with Gasteiger partial charge in [0.2, 0.25) is 0 Å². The minimum atomic E-state index is -0.271. The van der Waals surface area contributed by atoms with Crippen molar-refractivity contribution in [2.75, 3.05) is 33.7 Å². The van der Waals surface area contributed by atoms with Gasteiger partial charge in [0.05, 0.1) is 0 Å². The zero-order chi connectivity index (χ0) is 14.4. The van der Waals surface area contributed by atoms with Crippen molar-refractivity contribution in [3.8, 4) is 0 Å². The van der Waals surface area contributed by atoms with Gasteiger partial charge >= 0.3 is 0 Å². The molecule has 19 heavy (non-hydrogen) atoms. The fraction of sp³-hybridized carbons (Fsp3) is 0.533. The predicted octanol–water partition coefficient (Wildman–Crippen LogP) is 2.55. The molecule has 0 radical (unpaired) electrons. The van der Waals surface area contributed by atoms with E-state index in [2.05, 4.69) is 4.90 Å². The molecule has 0 unspecified atom stereocenters. The van der Waals surface area contributed by atoms with Crippen molar-refractivity contribution in [1.82, 2.24) is 9.80 Å². The first-order valence-electron chi connectivity index (χ1n) is 6.65. The summed E-state index contributed by atoms with van der Waals surface area (Å²) in [4.78, 5) is 16.2. The summed E-state index contributed by atoms with van der Waals surface area (Å²) in [5.74, 6) is -0.295. The first-order valence-corrected chi connectivity index (χ1v) is 6.65. The van der Waals surface area contributed by atoms with Gasteiger partial charge in [-0.2, -0.15) is 0 Å². The van der Waals surface area contributed by atoms with Gasteiger partial charge in [0.25, 0.3) is 5.91 Å². The molecule has 0 aromatic heterocycles. The molecule has 1 rings (SSSR count). The Morgan fingerprint density at radius 3 is 2.47 bits per heavy atom. The highest BCUT2D eigenvalue weighted by atomic mass is 19.1. The van der Waals surface area contributed by atoms with Crippen molar-refractivity contribution >= 4 is 5.91 Å². The average molecular weight is 266 g/mol. The number of aryl methyl sites for hydroxylation is 1. The van der Waals surface area contributed by atoms with E-state index in [-0.39, 0.29) is 11.7 Å². The quantitative estimate of drug-likeness (QED) is 0.790. The van der Waals surface area contributed by atoms with Crippen molar-refractivity contribution in [3.63, 3.8) is 0 Å². The van der Waals surface area contributed by atoms with Gasteiger partial charge in [0.15, 0.2) is 0 Å². The number of nitrogens with zero attached hydrogens (tertiary/aromatic N) is 2. The summed E-state index contributed by atoms with van der Waals surface area (Å²) in [5.41, 5.74) is 1.07. The molecule has 0 saturated carbocycles. The smallest absolute Gasteiger partial charge is 0.253 e. The van der Waals surface area contributed by atoms with Crippen molar-refractivity contribution in [2.45, 2.75) is 20.3 Å². The summed E-state index contributed by atoms with van der Waals surface area (Å²) in [6.45, 7) is 5.98. The number of rotatable bonds is 6. The average Bonchev–Trinajstić information content (AvgIpc) is 2.37. The lowest BCUT2D eigenvalue weighted by Gasteiger charge is -2.22. The van der Waals surface area contributed by atoms with Crippen LogP contribution in [0, 0.1) is 12.7 Å². The number of hydrogen-bond acceptors (Lipinski definition) is 2. The van der Waals surface area contributed by atoms with Gasteiger partial charge in [-0.3, -0.25) is 4.79 Å². The second kappa shape index (κ2) is 7.24. The SMILES string of the molecule is CCN(CCCN(C)C)C(=O)c1ccc(F)c(C)c1. The lowest BCUT2D eigenvalue weighted by Crippen LogP contribution is -2.33. The van der Waals surface area contributed by atoms with Crippen LogP contribution >= 0.6 is 0 Å². The Bertz CT molecular complexity index is 432. The molecule has 1 aromatic rings. The van der Waals surface area contributed by atoms with E-state index < -0.39 is 0 Å². The molecule has 0 aliphatic carbocycles. The van der Waals surface area contributed by atoms with Crippen molar-refractivity contribution in [2.24, 2.45) is 0 Å². The van der Waals surface area contributed by atoms with Crippen LogP contribution in [0.5, 0.6) is 0 Å². The predicted molar refractivity (Wildman–Crippen MR) is 75.9 cm³/mol. The number of benzene rings is 1. The second-order valence-corrected chi connectivity index (χ2v) is 5.01. The maximum atomic E-state index is 13.2. The highest BCUT2D eigenvalue weighted by Crippen LogP contribution is 2.12. The molecule has 0 heterocycles. The van der Waals surface area contributed by atoms with Crippen molar-refractivity contribution < 1.29 is 9.18 Å². The van der Waals surface area contributed by atoms with Crippen molar-refractivity contribution in [3.05, 3.63) is 35.1 Å². The Hall–Kier alpha value is -1.42. The highest BCUT2D eigenvalue weighted by molar-refractivity contribution is 5.94. The third kappa shape index (κ3) is 4.63. The molecule has 1 amide bonds. The van der Waals surface area contributed by atoms with E-state index in [0.717, 1.165) is 19.5 Å². The number of amides is 1. The molecule has 3 nitrogen and oxygen atoms in total. The number of carbonyl (C=O) groups excluding carboxylic acids is 1. The Morgan fingerprint density at radius 2 is 1.95 bits per heavy atom. The molecule has 0 fully saturated rings. The molecule has 0 bridgehead atoms. The molecule has 4 heteroatoms. The van der Waals surface area contributed by atoms with E-state index in [1.165, 1.54) is 6.07 Å². The Labute approximate surface area is 115 Å². The van der Waals surface area contributed by atoms with Crippen LogP contribution in [0.2, 0.25) is 0 Å². The van der Waals surface area contributed by atoms with Crippen LogP contribution in [-0.4, -0.2) is 49.4 Å². The lowest BCUT2D eigenvalue weighted by atomic mass is 10.1. The molecular formula is C15H23FN2O. The van der Waals surface area contributed by atoms with Gasteiger partial charge in [0.1, 0.15) is 5.82 Å². The highest BCUT2D eigenvalue weighted by Gasteiger charge is 2.14. The van der Waals surface area contributed by atoms with E-state index in [1.54, 1.807) is 24.0 Å². The first kappa shape index (κ1) is 15.6. The molecule has 106 valence electrons. The minimum absolute atomic E-state index is 0.0237. The second-order valence-electron chi connectivity index (χ2n) is 5.01. The molecule has 1 aromatic carbocycles. The van der Waals surface area contributed by atoms with Crippen LogP contribution in [0.3, 0.4) is 0 Å². The maximum absolute atomic E-state index is 13.2. The maximum Gasteiger partial charge on any atom is 0.253 e. The summed E-state index contributed by atoms with van der Waals surface area (Å²) in [5, 5.41) is 0. The van der Waals surface area contributed by atoms with E-state index >= 15 is 0 Å². The third-order valence-electron chi connectivity index (χ3n) is 3.11. The molecular weight excluding hydrogens is 243 g/mol. The first-order chi connectivity index (χ1) is 8.95. The Kier molecular flexibility index (Phi) is 5.96. The van der Waals surface area contributed by atoms with Crippen LogP contribution in [0.4, 0.5) is 4.39 Å². The fourth-order valence-electron chi connectivity index (χ4n) is 1.94. The van der Waals surface area contributed by atoms with E-state index in [9.17, 15) is 9.18 Å². The number of hydrogen-bond donors (Lipinski definition) is 0. The van der Waals surface area contributed by atoms with E-state index in [4.69, 9.17) is 0 Å². The lowest BCUT2D eigenvalue weighted by molar-refractivity contribution is 0.0759. The minimum Gasteiger partial charge on any atom is -0.339 e. The molecule has 0 aliphatic rings. The molecule has 0 aliphatic heterocycles. The summed E-state index contributed by atoms with van der Waals surface area (Å²) in [6, 6.07) is 4.53. The fourth-order valence-corrected chi connectivity index (χ4v) is 1.94. The topological polar surface area (TPSA) is 23.6 Å². The van der Waals surface area contributed by atoms with E-state index in [1.807, 2.05) is 21.0 Å². The van der Waals surface area contributed by atoms with Crippen LogP contribution < -0.4 is 0 Å². The Balaban J connectivity index is 2.69. The third-order valence-corrected chi connectivity index (χ3v) is 3.11. The molecule has 0 saturated heterocycles. The van der Waals surface area contributed by atoms with Crippen molar-refractivity contribution in [1.29, 1.82) is 0 Å². The van der Waals surface area contributed by atoms with E-state index in [0.29, 0.717) is 17.7 Å². The van der Waals surface area contributed by atoms with Crippen LogP contribution in [0.15, 0.2) is 18.2 Å². The van der Waals surface area contributed by atoms with Crippen LogP contribution in [-0.2, 0) is 0 Å². The van der Waals surface area contributed by atoms with Gasteiger partial charge in [-0.25, -0.2) is 4.39 Å². The molecule has 0 spiro atoms. The van der Waals surface area contributed by atoms with Gasteiger partial charge in [0, 0.05) is 18.7 Å². The zero-order valence-corrected chi connectivity index (χ0v) is 12.2. The Morgan fingerprint density at radius 1 is 1.26 bits per heavy atom. The van der Waals surface area contributed by atoms with Crippen LogP contribution in [0.1, 0.15) is 29.3 Å². The largest absolute Gasteiger partial charge is 0.339 e.